The van der Waals surface area contributed by atoms with Crippen LogP contribution in [0.25, 0.3) is 0 Å². The number of likely N-dealkylation sites (tertiary alicyclic amines) is 1. The van der Waals surface area contributed by atoms with Crippen LogP contribution in [0.2, 0.25) is 0 Å². The molecule has 2 fully saturated rings. The zero-order valence-electron chi connectivity index (χ0n) is 18.7. The van der Waals surface area contributed by atoms with Crippen molar-refractivity contribution in [1.29, 1.82) is 0 Å². The molecular formula is C24H32N6O2. The molecule has 2 amide bonds. The molecule has 2 saturated heterocycles. The van der Waals surface area contributed by atoms with E-state index in [1.54, 1.807) is 11.1 Å². The van der Waals surface area contributed by atoms with Gasteiger partial charge in [0.1, 0.15) is 5.69 Å². The number of hydrogen-bond acceptors (Lipinski definition) is 6. The van der Waals surface area contributed by atoms with E-state index in [1.807, 2.05) is 13.0 Å². The Morgan fingerprint density at radius 3 is 2.41 bits per heavy atom. The predicted molar refractivity (Wildman–Crippen MR) is 122 cm³/mol. The normalized spacial score (nSPS) is 19.5. The molecule has 0 saturated carbocycles. The van der Waals surface area contributed by atoms with Crippen LogP contribution < -0.4 is 5.32 Å². The van der Waals surface area contributed by atoms with Gasteiger partial charge < -0.3 is 10.2 Å². The van der Waals surface area contributed by atoms with Crippen molar-refractivity contribution in [2.45, 2.75) is 38.4 Å². The number of carbonyl (C=O) groups excluding carboxylic acids is 2. The van der Waals surface area contributed by atoms with Crippen LogP contribution in [0.1, 0.15) is 35.8 Å². The van der Waals surface area contributed by atoms with Crippen LogP contribution in [0.4, 0.5) is 0 Å². The number of hydrogen-bond donors (Lipinski definition) is 1. The van der Waals surface area contributed by atoms with E-state index in [4.69, 9.17) is 0 Å². The maximum absolute atomic E-state index is 12.9. The van der Waals surface area contributed by atoms with Crippen molar-refractivity contribution >= 4 is 11.8 Å². The molecule has 0 aliphatic carbocycles. The van der Waals surface area contributed by atoms with Crippen molar-refractivity contribution < 1.29 is 9.59 Å². The number of piperazine rings is 1. The molecule has 2 aromatic rings. The summed E-state index contributed by atoms with van der Waals surface area (Å²) in [5, 5.41) is 3.25. The van der Waals surface area contributed by atoms with E-state index in [2.05, 4.69) is 49.4 Å². The Morgan fingerprint density at radius 1 is 1.03 bits per heavy atom. The number of carbonyl (C=O) groups is 2. The molecule has 170 valence electrons. The second-order valence-corrected chi connectivity index (χ2v) is 8.64. The number of aromatic nitrogens is 2. The van der Waals surface area contributed by atoms with E-state index in [0.29, 0.717) is 31.9 Å². The molecule has 8 nitrogen and oxygen atoms in total. The van der Waals surface area contributed by atoms with E-state index in [0.717, 1.165) is 32.5 Å². The van der Waals surface area contributed by atoms with Crippen LogP contribution in [-0.2, 0) is 11.3 Å². The Kier molecular flexibility index (Phi) is 7.44. The fourth-order valence-electron chi connectivity index (χ4n) is 4.45. The fraction of sp³-hybridized carbons (Fsp3) is 0.500. The second kappa shape index (κ2) is 10.7. The van der Waals surface area contributed by atoms with E-state index in [1.165, 1.54) is 18.0 Å². The summed E-state index contributed by atoms with van der Waals surface area (Å²) >= 11 is 0. The summed E-state index contributed by atoms with van der Waals surface area (Å²) < 4.78 is 0. The molecule has 3 heterocycles. The Bertz CT molecular complexity index is 878. The summed E-state index contributed by atoms with van der Waals surface area (Å²) in [7, 11) is 0. The van der Waals surface area contributed by atoms with Gasteiger partial charge in [0.2, 0.25) is 5.91 Å². The first-order valence-electron chi connectivity index (χ1n) is 11.5. The lowest BCUT2D eigenvalue weighted by atomic mass is 10.0. The van der Waals surface area contributed by atoms with Gasteiger partial charge in [-0.1, -0.05) is 30.3 Å². The van der Waals surface area contributed by atoms with Crippen molar-refractivity contribution in [3.8, 4) is 0 Å². The SMILES string of the molecule is CC(C(=O)NC1CCN(Cc2ccccc2)CC1)N1CCN(C(=O)c2cnccn2)CC1. The summed E-state index contributed by atoms with van der Waals surface area (Å²) in [5.41, 5.74) is 1.70. The van der Waals surface area contributed by atoms with E-state index in [9.17, 15) is 9.59 Å². The van der Waals surface area contributed by atoms with Crippen LogP contribution in [0.5, 0.6) is 0 Å². The molecule has 1 aromatic heterocycles. The average Bonchev–Trinajstić information content (AvgIpc) is 2.85. The van der Waals surface area contributed by atoms with Gasteiger partial charge in [0, 0.05) is 64.2 Å². The van der Waals surface area contributed by atoms with Crippen molar-refractivity contribution in [2.24, 2.45) is 0 Å². The highest BCUT2D eigenvalue weighted by Gasteiger charge is 2.30. The maximum atomic E-state index is 12.9. The largest absolute Gasteiger partial charge is 0.352 e. The quantitative estimate of drug-likeness (QED) is 0.737. The van der Waals surface area contributed by atoms with Crippen molar-refractivity contribution in [3.05, 3.63) is 60.2 Å². The Balaban J connectivity index is 1.19. The molecule has 1 aromatic carbocycles. The van der Waals surface area contributed by atoms with Crippen LogP contribution in [0.15, 0.2) is 48.9 Å². The van der Waals surface area contributed by atoms with Gasteiger partial charge in [-0.05, 0) is 25.3 Å². The van der Waals surface area contributed by atoms with Gasteiger partial charge in [0.25, 0.3) is 5.91 Å². The molecule has 2 aliphatic rings. The monoisotopic (exact) mass is 436 g/mol. The molecule has 2 aliphatic heterocycles. The minimum absolute atomic E-state index is 0.0835. The second-order valence-electron chi connectivity index (χ2n) is 8.64. The zero-order chi connectivity index (χ0) is 22.3. The Hall–Kier alpha value is -2.84. The van der Waals surface area contributed by atoms with Gasteiger partial charge in [-0.2, -0.15) is 0 Å². The summed E-state index contributed by atoms with van der Waals surface area (Å²) in [4.78, 5) is 39.8. The van der Waals surface area contributed by atoms with Gasteiger partial charge in [-0.3, -0.25) is 24.4 Å². The third kappa shape index (κ3) is 5.69. The topological polar surface area (TPSA) is 81.7 Å². The van der Waals surface area contributed by atoms with Crippen LogP contribution in [0, 0.1) is 0 Å². The molecule has 1 unspecified atom stereocenters. The highest BCUT2D eigenvalue weighted by atomic mass is 16.2. The summed E-state index contributed by atoms with van der Waals surface area (Å²) in [6.07, 6.45) is 6.54. The van der Waals surface area contributed by atoms with Crippen molar-refractivity contribution in [2.75, 3.05) is 39.3 Å². The molecule has 0 bridgehead atoms. The van der Waals surface area contributed by atoms with Crippen LogP contribution in [0.3, 0.4) is 0 Å². The summed E-state index contributed by atoms with van der Waals surface area (Å²) in [6, 6.07) is 10.6. The van der Waals surface area contributed by atoms with Crippen molar-refractivity contribution in [3.63, 3.8) is 0 Å². The number of nitrogens with zero attached hydrogens (tertiary/aromatic N) is 5. The minimum Gasteiger partial charge on any atom is -0.352 e. The summed E-state index contributed by atoms with van der Waals surface area (Å²) in [6.45, 7) is 7.45. The van der Waals surface area contributed by atoms with Gasteiger partial charge in [0.05, 0.1) is 12.2 Å². The Morgan fingerprint density at radius 2 is 1.75 bits per heavy atom. The average molecular weight is 437 g/mol. The molecule has 0 spiro atoms. The predicted octanol–water partition coefficient (Wildman–Crippen LogP) is 1.40. The molecule has 1 atom stereocenters. The van der Waals surface area contributed by atoms with Gasteiger partial charge in [-0.25, -0.2) is 4.98 Å². The first-order valence-corrected chi connectivity index (χ1v) is 11.5. The van der Waals surface area contributed by atoms with Crippen LogP contribution in [-0.4, -0.2) is 87.8 Å². The highest BCUT2D eigenvalue weighted by molar-refractivity contribution is 5.92. The maximum Gasteiger partial charge on any atom is 0.274 e. The third-order valence-corrected chi connectivity index (χ3v) is 6.49. The molecule has 0 radical (unpaired) electrons. The third-order valence-electron chi connectivity index (χ3n) is 6.49. The van der Waals surface area contributed by atoms with E-state index < -0.39 is 0 Å². The highest BCUT2D eigenvalue weighted by Crippen LogP contribution is 2.15. The molecule has 1 N–H and O–H groups in total. The molecule has 8 heteroatoms. The van der Waals surface area contributed by atoms with Crippen LogP contribution >= 0.6 is 0 Å². The zero-order valence-corrected chi connectivity index (χ0v) is 18.7. The van der Waals surface area contributed by atoms with Gasteiger partial charge in [0.15, 0.2) is 0 Å². The molecule has 4 rings (SSSR count). The minimum atomic E-state index is -0.203. The van der Waals surface area contributed by atoms with Gasteiger partial charge in [-0.15, -0.1) is 0 Å². The number of rotatable bonds is 6. The number of amides is 2. The lowest BCUT2D eigenvalue weighted by Gasteiger charge is -2.38. The van der Waals surface area contributed by atoms with E-state index >= 15 is 0 Å². The number of nitrogens with one attached hydrogen (secondary N) is 1. The smallest absolute Gasteiger partial charge is 0.274 e. The van der Waals surface area contributed by atoms with Crippen molar-refractivity contribution in [1.82, 2.24) is 30.0 Å². The van der Waals surface area contributed by atoms with Gasteiger partial charge >= 0.3 is 0 Å². The molecular weight excluding hydrogens is 404 g/mol. The number of benzene rings is 1. The fourth-order valence-corrected chi connectivity index (χ4v) is 4.45. The number of piperidine rings is 1. The lowest BCUT2D eigenvalue weighted by molar-refractivity contribution is -0.127. The standard InChI is InChI=1S/C24H32N6O2/c1-19(29-13-15-30(16-14-29)24(32)22-17-25-9-10-26-22)23(31)27-21-7-11-28(12-8-21)18-20-5-3-2-4-6-20/h2-6,9-10,17,19,21H,7-8,11-16,18H2,1H3,(H,27,31). The lowest BCUT2D eigenvalue weighted by Crippen LogP contribution is -2.56. The molecule has 32 heavy (non-hydrogen) atoms. The summed E-state index contributed by atoms with van der Waals surface area (Å²) in [5.74, 6) is -0.0164. The first-order chi connectivity index (χ1) is 15.6. The van der Waals surface area contributed by atoms with E-state index in [-0.39, 0.29) is 23.9 Å². The first kappa shape index (κ1) is 22.4. The Labute approximate surface area is 189 Å².